The summed E-state index contributed by atoms with van der Waals surface area (Å²) in [5.41, 5.74) is -0.0346. The van der Waals surface area contributed by atoms with Crippen molar-refractivity contribution >= 4 is 29.5 Å². The van der Waals surface area contributed by atoms with Crippen LogP contribution in [-0.4, -0.2) is 87.9 Å². The Morgan fingerprint density at radius 3 is 1.93 bits per heavy atom. The van der Waals surface area contributed by atoms with Crippen LogP contribution in [0.2, 0.25) is 0 Å². The molecule has 3 aromatic rings. The minimum absolute atomic E-state index is 0.00449. The molecule has 232 valence electrons. The molecule has 13 nitrogen and oxygen atoms in total. The van der Waals surface area contributed by atoms with Gasteiger partial charge in [0, 0.05) is 33.9 Å². The first kappa shape index (κ1) is 31.9. The number of fused-ring (bicyclic) bond motifs is 1. The largest absolute Gasteiger partial charge is 0.507 e. The highest BCUT2D eigenvalue weighted by Gasteiger charge is 2.46. The van der Waals surface area contributed by atoms with Gasteiger partial charge in [0.15, 0.2) is 46.7 Å². The number of aromatic hydroxyl groups is 8. The molecule has 4 atom stereocenters. The van der Waals surface area contributed by atoms with Crippen molar-refractivity contribution in [3.05, 3.63) is 52.6 Å². The first-order valence-electron chi connectivity index (χ1n) is 12.8. The third-order valence-corrected chi connectivity index (χ3v) is 9.10. The number of hydrogen-bond donors (Lipinski definition) is 10. The van der Waals surface area contributed by atoms with E-state index in [0.717, 1.165) is 42.1 Å². The number of aliphatic hydroxyl groups excluding tert-OH is 2. The Hall–Kier alpha value is -4.05. The van der Waals surface area contributed by atoms with Gasteiger partial charge in [-0.05, 0) is 31.2 Å². The molecule has 15 heteroatoms. The van der Waals surface area contributed by atoms with Gasteiger partial charge in [0.25, 0.3) is 0 Å². The van der Waals surface area contributed by atoms with Gasteiger partial charge in [0.2, 0.25) is 0 Å². The Labute approximate surface area is 253 Å². The van der Waals surface area contributed by atoms with E-state index in [-0.39, 0.29) is 52.7 Å². The van der Waals surface area contributed by atoms with Gasteiger partial charge in [0.05, 0.1) is 29.6 Å². The number of rotatable bonds is 10. The summed E-state index contributed by atoms with van der Waals surface area (Å²) in [6.07, 6.45) is -2.78. The van der Waals surface area contributed by atoms with Gasteiger partial charge in [-0.3, -0.25) is 0 Å². The van der Waals surface area contributed by atoms with Crippen LogP contribution in [0.5, 0.6) is 51.7 Å². The molecule has 0 amide bonds. The van der Waals surface area contributed by atoms with E-state index in [4.69, 9.17) is 9.47 Å². The Bertz CT molecular complexity index is 1470. The molecule has 3 aromatic carbocycles. The van der Waals surface area contributed by atoms with Crippen LogP contribution in [0.25, 0.3) is 0 Å². The number of thioether (sulfide) groups is 2. The summed E-state index contributed by atoms with van der Waals surface area (Å²) in [5.74, 6) is -6.25. The zero-order valence-corrected chi connectivity index (χ0v) is 24.2. The molecule has 10 N–H and O–H groups in total. The Morgan fingerprint density at radius 2 is 1.37 bits per heavy atom. The van der Waals surface area contributed by atoms with Crippen molar-refractivity contribution in [2.45, 2.75) is 29.6 Å². The van der Waals surface area contributed by atoms with Crippen LogP contribution < -0.4 is 4.74 Å². The standard InChI is InChI=1S/C28H30O13S2/c1-11(42-4-2-29)20-14(31)10-15(32)21-25(20)40-24(12-6-16(33)22(37)17(34)7-12)26(27(21)43-5-3-30)41-28(39)13-8-18(35)23(38)19(36)9-13/h6-11,24,26-27,29-38H,2-5H2,1H3/t11-,24-,26+,27+/m1/s1. The lowest BCUT2D eigenvalue weighted by molar-refractivity contribution is -0.0207. The summed E-state index contributed by atoms with van der Waals surface area (Å²) < 4.78 is 12.1. The van der Waals surface area contributed by atoms with Gasteiger partial charge in [-0.1, -0.05) is 0 Å². The zero-order chi connectivity index (χ0) is 31.6. The average Bonchev–Trinajstić information content (AvgIpc) is 2.95. The quantitative estimate of drug-likeness (QED) is 0.113. The third kappa shape index (κ3) is 6.34. The van der Waals surface area contributed by atoms with Crippen molar-refractivity contribution in [2.75, 3.05) is 24.7 Å². The van der Waals surface area contributed by atoms with E-state index in [0.29, 0.717) is 5.75 Å². The molecule has 4 rings (SSSR count). The number of ether oxygens (including phenoxy) is 2. The van der Waals surface area contributed by atoms with Crippen LogP contribution >= 0.6 is 23.5 Å². The number of aliphatic hydroxyl groups is 2. The smallest absolute Gasteiger partial charge is 0.338 e. The molecule has 1 aliphatic rings. The fourth-order valence-corrected chi connectivity index (χ4v) is 6.72. The topological polar surface area (TPSA) is 238 Å². The molecular weight excluding hydrogens is 608 g/mol. The lowest BCUT2D eigenvalue weighted by Crippen LogP contribution is -2.38. The van der Waals surface area contributed by atoms with Crippen molar-refractivity contribution in [3.63, 3.8) is 0 Å². The molecule has 0 saturated carbocycles. The van der Waals surface area contributed by atoms with Crippen LogP contribution in [0.1, 0.15) is 50.6 Å². The first-order valence-corrected chi connectivity index (χ1v) is 14.9. The maximum absolute atomic E-state index is 13.3. The summed E-state index contributed by atoms with van der Waals surface area (Å²) in [6, 6.07) is 4.92. The van der Waals surface area contributed by atoms with Gasteiger partial charge in [0.1, 0.15) is 17.2 Å². The fraction of sp³-hybridized carbons (Fsp3) is 0.321. The van der Waals surface area contributed by atoms with Crippen LogP contribution in [0, 0.1) is 0 Å². The summed E-state index contributed by atoms with van der Waals surface area (Å²) in [7, 11) is 0. The second-order valence-corrected chi connectivity index (χ2v) is 12.2. The van der Waals surface area contributed by atoms with Crippen LogP contribution in [0.3, 0.4) is 0 Å². The Balaban J connectivity index is 1.93. The Kier molecular flexibility index (Phi) is 9.69. The summed E-state index contributed by atoms with van der Waals surface area (Å²) in [4.78, 5) is 13.3. The maximum atomic E-state index is 13.3. The molecule has 0 spiro atoms. The van der Waals surface area contributed by atoms with Crippen LogP contribution in [0.4, 0.5) is 0 Å². The van der Waals surface area contributed by atoms with E-state index >= 15 is 0 Å². The third-order valence-electron chi connectivity index (χ3n) is 6.66. The molecule has 0 unspecified atom stereocenters. The average molecular weight is 639 g/mol. The number of carbonyl (C=O) groups is 1. The van der Waals surface area contributed by atoms with Gasteiger partial charge in [-0.15, -0.1) is 11.8 Å². The van der Waals surface area contributed by atoms with Crippen molar-refractivity contribution in [2.24, 2.45) is 0 Å². The SMILES string of the molecule is C[C@@H](SCCO)c1c(O)cc(O)c2c1O[C@H](c1cc(O)c(O)c(O)c1)[C@H](OC(=O)c1cc(O)c(O)c(O)c1)[C@H]2SCCO. The summed E-state index contributed by atoms with van der Waals surface area (Å²) in [6.45, 7) is 1.26. The lowest BCUT2D eigenvalue weighted by Gasteiger charge is -2.40. The molecule has 0 radical (unpaired) electrons. The van der Waals surface area contributed by atoms with E-state index in [9.17, 15) is 55.9 Å². The fourth-order valence-electron chi connectivity index (χ4n) is 4.73. The first-order chi connectivity index (χ1) is 20.4. The van der Waals surface area contributed by atoms with Crippen LogP contribution in [-0.2, 0) is 4.74 Å². The van der Waals surface area contributed by atoms with E-state index in [1.165, 1.54) is 11.8 Å². The second-order valence-electron chi connectivity index (χ2n) is 9.50. The predicted molar refractivity (Wildman–Crippen MR) is 155 cm³/mol. The number of esters is 1. The number of hydrogen-bond acceptors (Lipinski definition) is 15. The number of phenols is 8. The molecule has 1 aliphatic heterocycles. The van der Waals surface area contributed by atoms with Crippen molar-refractivity contribution in [1.82, 2.24) is 0 Å². The van der Waals surface area contributed by atoms with E-state index in [2.05, 4.69) is 0 Å². The van der Waals surface area contributed by atoms with Gasteiger partial charge >= 0.3 is 5.97 Å². The summed E-state index contributed by atoms with van der Waals surface area (Å²) in [5, 5.41) is 99.4. The highest BCUT2D eigenvalue weighted by molar-refractivity contribution is 7.99. The molecule has 43 heavy (non-hydrogen) atoms. The van der Waals surface area contributed by atoms with Crippen LogP contribution in [0.15, 0.2) is 30.3 Å². The molecule has 0 aliphatic carbocycles. The molecule has 0 bridgehead atoms. The molecular formula is C28H30O13S2. The molecule has 0 aromatic heterocycles. The predicted octanol–water partition coefficient (Wildman–Crippen LogP) is 3.24. The van der Waals surface area contributed by atoms with Gasteiger partial charge < -0.3 is 60.5 Å². The molecule has 0 saturated heterocycles. The highest BCUT2D eigenvalue weighted by atomic mass is 32.2. The van der Waals surface area contributed by atoms with E-state index in [1.54, 1.807) is 6.92 Å². The second kappa shape index (κ2) is 13.1. The minimum atomic E-state index is -1.40. The molecule has 1 heterocycles. The van der Waals surface area contributed by atoms with Gasteiger partial charge in [-0.2, -0.15) is 11.8 Å². The zero-order valence-electron chi connectivity index (χ0n) is 22.5. The summed E-state index contributed by atoms with van der Waals surface area (Å²) >= 11 is 2.33. The number of phenolic OH excluding ortho intramolecular Hbond substituents is 8. The van der Waals surface area contributed by atoms with Crippen molar-refractivity contribution in [1.29, 1.82) is 0 Å². The Morgan fingerprint density at radius 1 is 0.814 bits per heavy atom. The maximum Gasteiger partial charge on any atom is 0.338 e. The highest BCUT2D eigenvalue weighted by Crippen LogP contribution is 2.58. The molecule has 0 fully saturated rings. The number of benzene rings is 3. The number of carbonyl (C=O) groups excluding carboxylic acids is 1. The van der Waals surface area contributed by atoms with Gasteiger partial charge in [-0.25, -0.2) is 4.79 Å². The van der Waals surface area contributed by atoms with E-state index in [1.807, 2.05) is 0 Å². The monoisotopic (exact) mass is 638 g/mol. The van der Waals surface area contributed by atoms with E-state index < -0.39 is 68.9 Å². The normalized spacial score (nSPS) is 18.4. The van der Waals surface area contributed by atoms with Crippen molar-refractivity contribution < 1.29 is 65.3 Å². The lowest BCUT2D eigenvalue weighted by atomic mass is 9.90. The minimum Gasteiger partial charge on any atom is -0.507 e. The van der Waals surface area contributed by atoms with Crippen molar-refractivity contribution in [3.8, 4) is 51.7 Å².